The van der Waals surface area contributed by atoms with Gasteiger partial charge in [-0.15, -0.1) is 0 Å². The average molecular weight is 287 g/mol. The summed E-state index contributed by atoms with van der Waals surface area (Å²) in [5.41, 5.74) is 4.15. The van der Waals surface area contributed by atoms with E-state index in [1.165, 1.54) is 12.1 Å². The van der Waals surface area contributed by atoms with Crippen LogP contribution in [0.4, 0.5) is 4.39 Å². The van der Waals surface area contributed by atoms with Gasteiger partial charge in [0.2, 0.25) is 0 Å². The number of oxime groups is 1. The Morgan fingerprint density at radius 2 is 1.71 bits per heavy atom. The second-order valence-electron chi connectivity index (χ2n) is 4.60. The van der Waals surface area contributed by atoms with Gasteiger partial charge in [0.05, 0.1) is 5.71 Å². The summed E-state index contributed by atoms with van der Waals surface area (Å²) in [4.78, 5) is 0. The molecule has 0 spiro atoms. The molecule has 0 aliphatic heterocycles. The van der Waals surface area contributed by atoms with Gasteiger partial charge in [-0.25, -0.2) is 4.39 Å². The third kappa shape index (κ3) is 4.42. The number of halogens is 1. The molecule has 2 aromatic carbocycles. The van der Waals surface area contributed by atoms with Crippen molar-refractivity contribution in [1.82, 2.24) is 0 Å². The molecule has 2 nitrogen and oxygen atoms in total. The van der Waals surface area contributed by atoms with Crippen LogP contribution < -0.4 is 0 Å². The van der Waals surface area contributed by atoms with Crippen LogP contribution in [0.3, 0.4) is 0 Å². The summed E-state index contributed by atoms with van der Waals surface area (Å²) in [6.45, 7) is 7.82. The van der Waals surface area contributed by atoms with Gasteiger partial charge in [0.15, 0.2) is 0 Å². The topological polar surface area (TPSA) is 32.6 Å². The molecule has 0 saturated heterocycles. The summed E-state index contributed by atoms with van der Waals surface area (Å²) >= 11 is 0. The van der Waals surface area contributed by atoms with Gasteiger partial charge >= 0.3 is 0 Å². The van der Waals surface area contributed by atoms with Gasteiger partial charge in [-0.2, -0.15) is 0 Å². The molecule has 0 fully saturated rings. The monoisotopic (exact) mass is 287 g/mol. The molecule has 0 amide bonds. The van der Waals surface area contributed by atoms with Crippen molar-refractivity contribution in [2.24, 2.45) is 5.16 Å². The van der Waals surface area contributed by atoms with Gasteiger partial charge in [0.1, 0.15) is 5.82 Å². The van der Waals surface area contributed by atoms with Crippen molar-refractivity contribution in [3.63, 3.8) is 0 Å². The van der Waals surface area contributed by atoms with Crippen molar-refractivity contribution in [1.29, 1.82) is 0 Å². The maximum atomic E-state index is 13.5. The summed E-state index contributed by atoms with van der Waals surface area (Å²) < 4.78 is 13.5. The molecule has 0 saturated carbocycles. The summed E-state index contributed by atoms with van der Waals surface area (Å²) in [5, 5.41) is 12.5. The third-order valence-corrected chi connectivity index (χ3v) is 3.33. The van der Waals surface area contributed by atoms with Gasteiger partial charge in [-0.1, -0.05) is 49.3 Å². The molecule has 2 aromatic rings. The fraction of sp³-hybridized carbons (Fsp3) is 0.278. The van der Waals surface area contributed by atoms with E-state index < -0.39 is 0 Å². The van der Waals surface area contributed by atoms with Gasteiger partial charge in [-0.05, 0) is 48.2 Å². The van der Waals surface area contributed by atoms with E-state index in [9.17, 15) is 4.39 Å². The Kier molecular flexibility index (Phi) is 6.60. The summed E-state index contributed by atoms with van der Waals surface area (Å²) in [5.74, 6) is -0.261. The van der Waals surface area contributed by atoms with Gasteiger partial charge in [0, 0.05) is 6.42 Å². The first-order valence-corrected chi connectivity index (χ1v) is 7.14. The zero-order valence-electron chi connectivity index (χ0n) is 13.0. The minimum Gasteiger partial charge on any atom is -0.411 e. The molecule has 2 rings (SSSR count). The zero-order chi connectivity index (χ0) is 15.8. The molecule has 0 aliphatic carbocycles. The number of hydrogen-bond acceptors (Lipinski definition) is 2. The number of aryl methyl sites for hydroxylation is 1. The molecular weight excluding hydrogens is 265 g/mol. The van der Waals surface area contributed by atoms with Crippen LogP contribution in [0.1, 0.15) is 36.1 Å². The minimum atomic E-state index is -0.261. The van der Waals surface area contributed by atoms with E-state index in [1.807, 2.05) is 58.0 Å². The normalized spacial score (nSPS) is 10.8. The van der Waals surface area contributed by atoms with Crippen LogP contribution in [0.25, 0.3) is 0 Å². The lowest BCUT2D eigenvalue weighted by molar-refractivity contribution is 0.318. The molecule has 21 heavy (non-hydrogen) atoms. The molecule has 0 atom stereocenters. The molecule has 0 aliphatic rings. The summed E-state index contributed by atoms with van der Waals surface area (Å²) in [6.07, 6.45) is 0.408. The van der Waals surface area contributed by atoms with Crippen molar-refractivity contribution >= 4 is 5.71 Å². The van der Waals surface area contributed by atoms with Crippen molar-refractivity contribution in [2.45, 2.75) is 34.1 Å². The summed E-state index contributed by atoms with van der Waals surface area (Å²) in [7, 11) is 0. The van der Waals surface area contributed by atoms with Crippen molar-refractivity contribution in [3.8, 4) is 0 Å². The van der Waals surface area contributed by atoms with Crippen LogP contribution in [0.5, 0.6) is 0 Å². The van der Waals surface area contributed by atoms with Gasteiger partial charge in [0.25, 0.3) is 0 Å². The van der Waals surface area contributed by atoms with Gasteiger partial charge in [-0.3, -0.25) is 0 Å². The molecular formula is C18H22FNO. The second kappa shape index (κ2) is 8.20. The number of nitrogens with zero attached hydrogens (tertiary/aromatic N) is 1. The number of rotatable bonds is 3. The lowest BCUT2D eigenvalue weighted by Crippen LogP contribution is -2.07. The highest BCUT2D eigenvalue weighted by Gasteiger charge is 2.10. The molecule has 0 radical (unpaired) electrons. The Labute approximate surface area is 125 Å². The van der Waals surface area contributed by atoms with E-state index in [0.29, 0.717) is 12.1 Å². The SMILES string of the molecule is CC.Cc1cc(F)cc(CC(=NO)c2ccccc2)c1C. The fourth-order valence-corrected chi connectivity index (χ4v) is 2.07. The van der Waals surface area contributed by atoms with Crippen molar-refractivity contribution in [3.05, 3.63) is 70.5 Å². The highest BCUT2D eigenvalue weighted by molar-refractivity contribution is 6.01. The Hall–Kier alpha value is -2.16. The predicted octanol–water partition coefficient (Wildman–Crippen LogP) is 4.89. The van der Waals surface area contributed by atoms with Crippen molar-refractivity contribution in [2.75, 3.05) is 0 Å². The highest BCUT2D eigenvalue weighted by Crippen LogP contribution is 2.18. The zero-order valence-corrected chi connectivity index (χ0v) is 13.0. The first-order chi connectivity index (χ1) is 10.1. The third-order valence-electron chi connectivity index (χ3n) is 3.33. The van der Waals surface area contributed by atoms with Crippen LogP contribution in [-0.4, -0.2) is 10.9 Å². The first kappa shape index (κ1) is 16.9. The maximum absolute atomic E-state index is 13.5. The fourth-order valence-electron chi connectivity index (χ4n) is 2.07. The highest BCUT2D eigenvalue weighted by atomic mass is 19.1. The average Bonchev–Trinajstić information content (AvgIpc) is 2.52. The molecule has 0 aromatic heterocycles. The molecule has 112 valence electrons. The first-order valence-electron chi connectivity index (χ1n) is 7.14. The Morgan fingerprint density at radius 1 is 1.10 bits per heavy atom. The van der Waals surface area contributed by atoms with E-state index in [4.69, 9.17) is 5.21 Å². The number of benzene rings is 2. The molecule has 1 N–H and O–H groups in total. The van der Waals surface area contributed by atoms with Crippen LogP contribution >= 0.6 is 0 Å². The minimum absolute atomic E-state index is 0.261. The quantitative estimate of drug-likeness (QED) is 0.486. The Balaban J connectivity index is 0.00000106. The largest absolute Gasteiger partial charge is 0.411 e. The molecule has 0 heterocycles. The lowest BCUT2D eigenvalue weighted by Gasteiger charge is -2.10. The Morgan fingerprint density at radius 3 is 2.29 bits per heavy atom. The Bertz CT molecular complexity index is 606. The molecule has 0 unspecified atom stereocenters. The second-order valence-corrected chi connectivity index (χ2v) is 4.60. The van der Waals surface area contributed by atoms with Crippen molar-refractivity contribution < 1.29 is 9.60 Å². The van der Waals surface area contributed by atoms with E-state index >= 15 is 0 Å². The molecule has 3 heteroatoms. The number of hydrogen-bond donors (Lipinski definition) is 1. The smallest absolute Gasteiger partial charge is 0.123 e. The van der Waals surface area contributed by atoms with Crippen LogP contribution in [-0.2, 0) is 6.42 Å². The summed E-state index contributed by atoms with van der Waals surface area (Å²) in [6, 6.07) is 12.4. The predicted molar refractivity (Wildman–Crippen MR) is 85.7 cm³/mol. The van der Waals surface area contributed by atoms with E-state index in [1.54, 1.807) is 0 Å². The van der Waals surface area contributed by atoms with E-state index in [0.717, 1.165) is 22.3 Å². The van der Waals surface area contributed by atoms with Crippen LogP contribution in [0.2, 0.25) is 0 Å². The maximum Gasteiger partial charge on any atom is 0.123 e. The van der Waals surface area contributed by atoms with Gasteiger partial charge < -0.3 is 5.21 Å². The lowest BCUT2D eigenvalue weighted by atomic mass is 9.96. The standard InChI is InChI=1S/C16H16FNO.C2H6/c1-11-8-15(17)9-14(12(11)2)10-16(18-19)13-6-4-3-5-7-13;1-2/h3-9,19H,10H2,1-2H3;1-2H3. The van der Waals surface area contributed by atoms with Crippen LogP contribution in [0.15, 0.2) is 47.6 Å². The van der Waals surface area contributed by atoms with E-state index in [-0.39, 0.29) is 5.82 Å². The molecule has 0 bridgehead atoms. The van der Waals surface area contributed by atoms with Crippen LogP contribution in [0, 0.1) is 19.7 Å². The van der Waals surface area contributed by atoms with E-state index in [2.05, 4.69) is 5.16 Å².